The lowest BCUT2D eigenvalue weighted by atomic mass is 9.91. The van der Waals surface area contributed by atoms with E-state index in [-0.39, 0.29) is 27.4 Å². The molecular weight excluding hydrogens is 349 g/mol. The monoisotopic (exact) mass is 367 g/mol. The van der Waals surface area contributed by atoms with Crippen LogP contribution >= 0.6 is 23.2 Å². The number of nitrogens with zero attached hydrogens (tertiary/aromatic N) is 1. The summed E-state index contributed by atoms with van der Waals surface area (Å²) in [6.45, 7) is 3.97. The first-order valence-electron chi connectivity index (χ1n) is 6.83. The zero-order valence-corrected chi connectivity index (χ0v) is 15.0. The largest absolute Gasteiger partial charge is 0.495 e. The predicted octanol–water partition coefficient (Wildman–Crippen LogP) is 2.78. The first-order valence-corrected chi connectivity index (χ1v) is 9.02. The van der Waals surface area contributed by atoms with E-state index in [9.17, 15) is 13.5 Å². The van der Waals surface area contributed by atoms with Gasteiger partial charge in [-0.1, -0.05) is 23.2 Å². The highest BCUT2D eigenvalue weighted by Crippen LogP contribution is 2.37. The molecule has 1 fully saturated rings. The molecule has 1 saturated heterocycles. The van der Waals surface area contributed by atoms with Crippen LogP contribution in [0.1, 0.15) is 20.3 Å². The van der Waals surface area contributed by atoms with Gasteiger partial charge in [-0.25, -0.2) is 8.42 Å². The number of benzene rings is 1. The summed E-state index contributed by atoms with van der Waals surface area (Å²) in [6.07, 6.45) is 0.601. The van der Waals surface area contributed by atoms with Gasteiger partial charge in [0.05, 0.1) is 22.8 Å². The van der Waals surface area contributed by atoms with E-state index in [1.807, 2.05) is 0 Å². The molecule has 2 rings (SSSR count). The Morgan fingerprint density at radius 2 is 1.95 bits per heavy atom. The molecule has 5 nitrogen and oxygen atoms in total. The maximum absolute atomic E-state index is 12.7. The van der Waals surface area contributed by atoms with E-state index in [1.165, 1.54) is 23.5 Å². The van der Waals surface area contributed by atoms with Crippen LogP contribution in [0.3, 0.4) is 0 Å². The third-order valence-corrected chi connectivity index (χ3v) is 6.60. The smallest absolute Gasteiger partial charge is 0.244 e. The van der Waals surface area contributed by atoms with Crippen molar-refractivity contribution >= 4 is 33.2 Å². The predicted molar refractivity (Wildman–Crippen MR) is 86.2 cm³/mol. The van der Waals surface area contributed by atoms with Crippen molar-refractivity contribution in [1.82, 2.24) is 4.31 Å². The van der Waals surface area contributed by atoms with E-state index in [4.69, 9.17) is 27.9 Å². The van der Waals surface area contributed by atoms with Gasteiger partial charge in [0.25, 0.3) is 0 Å². The topological polar surface area (TPSA) is 66.8 Å². The van der Waals surface area contributed by atoms with Crippen molar-refractivity contribution in [3.8, 4) is 5.75 Å². The molecule has 1 atom stereocenters. The maximum Gasteiger partial charge on any atom is 0.244 e. The van der Waals surface area contributed by atoms with Crippen LogP contribution in [0.2, 0.25) is 10.0 Å². The summed E-state index contributed by atoms with van der Waals surface area (Å²) in [5.74, 6) is 0.205. The molecule has 0 amide bonds. The van der Waals surface area contributed by atoms with E-state index in [2.05, 4.69) is 0 Å². The van der Waals surface area contributed by atoms with Crippen LogP contribution < -0.4 is 4.74 Å². The Bertz CT molecular complexity index is 670. The Morgan fingerprint density at radius 1 is 1.32 bits per heavy atom. The van der Waals surface area contributed by atoms with Crippen LogP contribution in [0.5, 0.6) is 5.75 Å². The Balaban J connectivity index is 2.35. The zero-order valence-electron chi connectivity index (χ0n) is 12.6. The van der Waals surface area contributed by atoms with Crippen molar-refractivity contribution in [3.05, 3.63) is 22.2 Å². The van der Waals surface area contributed by atoms with E-state index >= 15 is 0 Å². The van der Waals surface area contributed by atoms with Crippen molar-refractivity contribution in [3.63, 3.8) is 0 Å². The fourth-order valence-corrected chi connectivity index (χ4v) is 4.85. The molecule has 124 valence electrons. The quantitative estimate of drug-likeness (QED) is 0.888. The number of methoxy groups -OCH3 is 1. The molecule has 0 bridgehead atoms. The van der Waals surface area contributed by atoms with Crippen LogP contribution in [0, 0.1) is 5.92 Å². The van der Waals surface area contributed by atoms with Crippen LogP contribution in [0.15, 0.2) is 17.0 Å². The minimum Gasteiger partial charge on any atom is -0.495 e. The summed E-state index contributed by atoms with van der Waals surface area (Å²) in [4.78, 5) is -0.0450. The highest BCUT2D eigenvalue weighted by atomic mass is 35.5. The Kier molecular flexibility index (Phi) is 5.00. The molecule has 1 aliphatic rings. The fraction of sp³-hybridized carbons (Fsp3) is 0.571. The molecule has 8 heteroatoms. The van der Waals surface area contributed by atoms with Crippen molar-refractivity contribution in [2.75, 3.05) is 20.2 Å². The minimum atomic E-state index is -3.76. The standard InChI is InChI=1S/C14H19Cl2NO4S/c1-14(2,18)9-4-5-17(8-9)22(19,20)13-7-10(15)12(21-3)6-11(13)16/h6-7,9,18H,4-5,8H2,1-3H3. The number of hydrogen-bond acceptors (Lipinski definition) is 4. The molecule has 0 spiro atoms. The van der Waals surface area contributed by atoms with Gasteiger partial charge < -0.3 is 9.84 Å². The van der Waals surface area contributed by atoms with Crippen LogP contribution in [0.25, 0.3) is 0 Å². The summed E-state index contributed by atoms with van der Waals surface area (Å²) < 4.78 is 31.8. The molecule has 1 unspecified atom stereocenters. The van der Waals surface area contributed by atoms with Crippen molar-refractivity contribution in [2.45, 2.75) is 30.8 Å². The van der Waals surface area contributed by atoms with Gasteiger partial charge in [0.2, 0.25) is 10.0 Å². The first kappa shape index (κ1) is 17.8. The molecule has 0 radical (unpaired) electrons. The molecule has 1 aromatic rings. The van der Waals surface area contributed by atoms with E-state index in [0.717, 1.165) is 0 Å². The van der Waals surface area contributed by atoms with Crippen molar-refractivity contribution in [2.24, 2.45) is 5.92 Å². The summed E-state index contributed by atoms with van der Waals surface area (Å²) in [6, 6.07) is 2.69. The summed E-state index contributed by atoms with van der Waals surface area (Å²) in [7, 11) is -2.33. The van der Waals surface area contributed by atoms with Gasteiger partial charge in [-0.05, 0) is 26.3 Å². The van der Waals surface area contributed by atoms with Crippen molar-refractivity contribution in [1.29, 1.82) is 0 Å². The van der Waals surface area contributed by atoms with Crippen molar-refractivity contribution < 1.29 is 18.3 Å². The lowest BCUT2D eigenvalue weighted by molar-refractivity contribution is 0.0236. The lowest BCUT2D eigenvalue weighted by Crippen LogP contribution is -2.35. The molecule has 0 aliphatic carbocycles. The Morgan fingerprint density at radius 3 is 2.45 bits per heavy atom. The summed E-state index contributed by atoms with van der Waals surface area (Å²) in [5.41, 5.74) is -0.925. The highest BCUT2D eigenvalue weighted by molar-refractivity contribution is 7.89. The fourth-order valence-electron chi connectivity index (χ4n) is 2.53. The van der Waals surface area contributed by atoms with Gasteiger partial charge in [0, 0.05) is 25.1 Å². The zero-order chi connectivity index (χ0) is 16.7. The normalized spacial score (nSPS) is 20.4. The summed E-state index contributed by atoms with van der Waals surface area (Å²) >= 11 is 12.1. The Hall–Kier alpha value is -0.530. The molecule has 1 heterocycles. The number of hydrogen-bond donors (Lipinski definition) is 1. The van der Waals surface area contributed by atoms with Gasteiger partial charge in [-0.3, -0.25) is 0 Å². The van der Waals surface area contributed by atoms with E-state index in [1.54, 1.807) is 13.8 Å². The van der Waals surface area contributed by atoms with Gasteiger partial charge >= 0.3 is 0 Å². The molecule has 1 aromatic carbocycles. The minimum absolute atomic E-state index is 0.0450. The molecular formula is C14H19Cl2NO4S. The molecule has 22 heavy (non-hydrogen) atoms. The van der Waals surface area contributed by atoms with Gasteiger partial charge in [0.1, 0.15) is 10.6 Å². The second-order valence-electron chi connectivity index (χ2n) is 5.92. The van der Waals surface area contributed by atoms with Gasteiger partial charge in [-0.2, -0.15) is 4.31 Å². The average Bonchev–Trinajstić information content (AvgIpc) is 2.91. The number of rotatable bonds is 4. The maximum atomic E-state index is 12.7. The third kappa shape index (κ3) is 3.36. The van der Waals surface area contributed by atoms with Gasteiger partial charge in [-0.15, -0.1) is 0 Å². The molecule has 1 aliphatic heterocycles. The van der Waals surface area contributed by atoms with Crippen LogP contribution in [0.4, 0.5) is 0 Å². The molecule has 0 aromatic heterocycles. The van der Waals surface area contributed by atoms with Crippen LogP contribution in [-0.4, -0.2) is 43.6 Å². The Labute approximate surface area is 140 Å². The lowest BCUT2D eigenvalue weighted by Gasteiger charge is -2.25. The molecule has 0 saturated carbocycles. The SMILES string of the molecule is COc1cc(Cl)c(S(=O)(=O)N2CCC(C(C)(C)O)C2)cc1Cl. The number of ether oxygens (including phenoxy) is 1. The summed E-state index contributed by atoms with van der Waals surface area (Å²) in [5, 5.41) is 10.3. The highest BCUT2D eigenvalue weighted by Gasteiger charge is 2.39. The van der Waals surface area contributed by atoms with E-state index in [0.29, 0.717) is 18.7 Å². The number of halogens is 2. The number of sulfonamides is 1. The molecule has 1 N–H and O–H groups in total. The first-order chi connectivity index (χ1) is 10.1. The number of aliphatic hydroxyl groups is 1. The van der Waals surface area contributed by atoms with E-state index < -0.39 is 15.6 Å². The second kappa shape index (κ2) is 6.17. The van der Waals surface area contributed by atoms with Crippen LogP contribution in [-0.2, 0) is 10.0 Å². The average molecular weight is 368 g/mol. The second-order valence-corrected chi connectivity index (χ2v) is 8.64. The van der Waals surface area contributed by atoms with Gasteiger partial charge in [0.15, 0.2) is 0 Å². The third-order valence-electron chi connectivity index (χ3n) is 3.97.